The summed E-state index contributed by atoms with van der Waals surface area (Å²) in [6, 6.07) is 17.8. The molecule has 0 spiro atoms. The number of nitrogens with one attached hydrogen (secondary N) is 2. The minimum atomic E-state index is -0.544. The largest absolute Gasteiger partial charge is 0.490 e. The van der Waals surface area contributed by atoms with E-state index in [0.29, 0.717) is 40.3 Å². The van der Waals surface area contributed by atoms with Gasteiger partial charge in [-0.1, -0.05) is 35.3 Å². The molecule has 0 radical (unpaired) electrons. The lowest BCUT2D eigenvalue weighted by Crippen LogP contribution is -2.40. The molecule has 1 atom stereocenters. The number of anilines is 1. The summed E-state index contributed by atoms with van der Waals surface area (Å²) in [5.74, 6) is 2.35. The Balaban J connectivity index is 0.775. The second kappa shape index (κ2) is 18.7. The predicted octanol–water partition coefficient (Wildman–Crippen LogP) is 7.43. The van der Waals surface area contributed by atoms with Crippen molar-refractivity contribution in [2.45, 2.75) is 90.0 Å². The molecule has 17 heteroatoms. The van der Waals surface area contributed by atoms with Crippen LogP contribution in [0.1, 0.15) is 100 Å². The Hall–Kier alpha value is -5.40. The first kappa shape index (κ1) is 42.3. The molecule has 1 saturated heterocycles. The summed E-state index contributed by atoms with van der Waals surface area (Å²) in [4.78, 5) is 34.9. The van der Waals surface area contributed by atoms with Gasteiger partial charge in [-0.15, -0.1) is 31.7 Å². The van der Waals surface area contributed by atoms with Gasteiger partial charge in [-0.25, -0.2) is 0 Å². The second-order valence-electron chi connectivity index (χ2n) is 15.6. The van der Waals surface area contributed by atoms with E-state index in [-0.39, 0.29) is 42.2 Å². The summed E-state index contributed by atoms with van der Waals surface area (Å²) in [6.07, 6.45) is 4.89. The van der Waals surface area contributed by atoms with Gasteiger partial charge in [0.2, 0.25) is 5.91 Å². The van der Waals surface area contributed by atoms with Gasteiger partial charge in [0.1, 0.15) is 28.7 Å². The monoisotopic (exact) mass is 880 g/mol. The smallest absolute Gasteiger partial charge is 0.272 e. The maximum atomic E-state index is 13.4. The fourth-order valence-electron chi connectivity index (χ4n) is 8.10. The van der Waals surface area contributed by atoms with Crippen molar-refractivity contribution < 1.29 is 19.1 Å². The van der Waals surface area contributed by atoms with Crippen LogP contribution < -0.4 is 20.3 Å². The van der Waals surface area contributed by atoms with Crippen molar-refractivity contribution in [1.29, 1.82) is 5.26 Å². The van der Waals surface area contributed by atoms with Gasteiger partial charge >= 0.3 is 0 Å². The summed E-state index contributed by atoms with van der Waals surface area (Å²) in [7, 11) is 0. The van der Waals surface area contributed by atoms with Crippen LogP contribution in [-0.4, -0.2) is 87.0 Å². The standard InChI is InChI=1S/C44H46Cl2N10O4S/c1-25-26(2)61-44-40(25)41(28-4-7-30(45)8-5-28)50-37(42-54-51-27(3)56(42)44)23-39(57)48-18-21-59-32-16-19-55(20-17-32)38-15-14-36(52-53-38)43(58)49-31-9-12-33(13-10-31)60-34-11-6-29(24-47)35(46)22-34/h4-8,11,14-15,22,31-33,37H,9-10,12-13,16-21,23H2,1-3H3,(H,48,57)(H,49,58)/t31?,33?,37-/m0/s1. The fraction of sp³-hybridized carbons (Fsp3) is 0.409. The Morgan fingerprint density at radius 1 is 0.918 bits per heavy atom. The van der Waals surface area contributed by atoms with E-state index in [1.807, 2.05) is 41.8 Å². The van der Waals surface area contributed by atoms with Gasteiger partial charge < -0.3 is 25.0 Å². The first-order valence-electron chi connectivity index (χ1n) is 20.5. The molecule has 0 unspecified atom stereocenters. The van der Waals surface area contributed by atoms with E-state index in [1.165, 1.54) is 4.88 Å². The number of aliphatic imine (C=N–C) groups is 1. The van der Waals surface area contributed by atoms with Gasteiger partial charge in [-0.2, -0.15) is 5.26 Å². The molecule has 5 aromatic rings. The summed E-state index contributed by atoms with van der Waals surface area (Å²) in [5, 5.41) is 34.8. The van der Waals surface area contributed by atoms with Crippen molar-refractivity contribution >= 4 is 57.9 Å². The molecule has 2 N–H and O–H groups in total. The number of benzene rings is 2. The molecule has 8 rings (SSSR count). The second-order valence-corrected chi connectivity index (χ2v) is 17.7. The van der Waals surface area contributed by atoms with Crippen LogP contribution in [0, 0.1) is 32.1 Å². The van der Waals surface area contributed by atoms with Crippen LogP contribution >= 0.6 is 34.5 Å². The van der Waals surface area contributed by atoms with Crippen LogP contribution in [0.3, 0.4) is 0 Å². The molecule has 0 bridgehead atoms. The zero-order chi connectivity index (χ0) is 42.6. The zero-order valence-electron chi connectivity index (χ0n) is 34.2. The number of fused-ring (bicyclic) bond motifs is 3. The van der Waals surface area contributed by atoms with Crippen molar-refractivity contribution in [3.05, 3.63) is 109 Å². The van der Waals surface area contributed by atoms with E-state index >= 15 is 0 Å². The lowest BCUT2D eigenvalue weighted by Gasteiger charge is -2.32. The van der Waals surface area contributed by atoms with E-state index in [4.69, 9.17) is 42.9 Å². The third-order valence-corrected chi connectivity index (χ3v) is 13.3. The number of aromatic nitrogens is 5. The molecule has 14 nitrogen and oxygen atoms in total. The molecule has 3 aromatic heterocycles. The number of piperidine rings is 1. The van der Waals surface area contributed by atoms with Crippen LogP contribution in [0.25, 0.3) is 5.00 Å². The highest BCUT2D eigenvalue weighted by molar-refractivity contribution is 7.15. The molecule has 2 fully saturated rings. The SMILES string of the molecule is Cc1sc2c(c1C)C(c1ccc(Cl)cc1)=N[C@@H](CC(=O)NCCOC1CCN(c3ccc(C(=O)NC4CCC(Oc5ccc(C#N)c(Cl)c5)CC4)nn3)CC1)c1nnc(C)n1-2. The van der Waals surface area contributed by atoms with Crippen molar-refractivity contribution in [2.24, 2.45) is 4.99 Å². The average molecular weight is 882 g/mol. The highest BCUT2D eigenvalue weighted by Gasteiger charge is 2.33. The molecular weight excluding hydrogens is 836 g/mol. The summed E-state index contributed by atoms with van der Waals surface area (Å²) in [5.41, 5.74) is 4.58. The molecular formula is C44H46Cl2N10O4S. The molecule has 61 heavy (non-hydrogen) atoms. The van der Waals surface area contributed by atoms with Crippen LogP contribution in [-0.2, 0) is 9.53 Å². The van der Waals surface area contributed by atoms with Crippen molar-refractivity contribution in [3.8, 4) is 16.8 Å². The first-order valence-corrected chi connectivity index (χ1v) is 22.1. The molecule has 2 amide bonds. The number of halogens is 2. The van der Waals surface area contributed by atoms with E-state index in [9.17, 15) is 9.59 Å². The van der Waals surface area contributed by atoms with Gasteiger partial charge in [0.15, 0.2) is 17.3 Å². The Morgan fingerprint density at radius 3 is 2.39 bits per heavy atom. The number of nitriles is 1. The Bertz CT molecular complexity index is 2470. The highest BCUT2D eigenvalue weighted by atomic mass is 35.5. The lowest BCUT2D eigenvalue weighted by molar-refractivity contribution is -0.121. The Kier molecular flexibility index (Phi) is 13.0. The predicted molar refractivity (Wildman–Crippen MR) is 234 cm³/mol. The summed E-state index contributed by atoms with van der Waals surface area (Å²) >= 11 is 14.1. The molecule has 5 heterocycles. The van der Waals surface area contributed by atoms with Crippen LogP contribution in [0.4, 0.5) is 5.82 Å². The van der Waals surface area contributed by atoms with Gasteiger partial charge in [-0.05, 0) is 101 Å². The quantitative estimate of drug-likeness (QED) is 0.120. The van der Waals surface area contributed by atoms with Crippen molar-refractivity contribution in [3.63, 3.8) is 0 Å². The number of rotatable bonds is 12. The molecule has 3 aliphatic rings. The molecule has 2 aliphatic heterocycles. The van der Waals surface area contributed by atoms with E-state index < -0.39 is 6.04 Å². The summed E-state index contributed by atoms with van der Waals surface area (Å²) < 4.78 is 14.3. The number of hydrogen-bond acceptors (Lipinski definition) is 12. The third kappa shape index (κ3) is 9.58. The van der Waals surface area contributed by atoms with Gasteiger partial charge in [-0.3, -0.25) is 19.1 Å². The Morgan fingerprint density at radius 2 is 1.69 bits per heavy atom. The fourth-order valence-corrected chi connectivity index (χ4v) is 9.65. The number of carbonyl (C=O) groups is 2. The number of hydrogen-bond donors (Lipinski definition) is 2. The average Bonchev–Trinajstić information content (AvgIpc) is 3.75. The zero-order valence-corrected chi connectivity index (χ0v) is 36.5. The third-order valence-electron chi connectivity index (χ3n) is 11.5. The topological polar surface area (TPSA) is 173 Å². The van der Waals surface area contributed by atoms with E-state index in [0.717, 1.165) is 90.7 Å². The normalized spacial score (nSPS) is 18.9. The number of ether oxygens (including phenoxy) is 2. The van der Waals surface area contributed by atoms with Crippen LogP contribution in [0.5, 0.6) is 5.75 Å². The minimum absolute atomic E-state index is 0.0138. The van der Waals surface area contributed by atoms with E-state index in [2.05, 4.69) is 55.8 Å². The molecule has 2 aromatic carbocycles. The van der Waals surface area contributed by atoms with Crippen molar-refractivity contribution in [2.75, 3.05) is 31.1 Å². The van der Waals surface area contributed by atoms with Crippen LogP contribution in [0.2, 0.25) is 10.0 Å². The first-order chi connectivity index (χ1) is 29.5. The number of thiophene rings is 1. The number of amides is 2. The Labute approximate surface area is 368 Å². The lowest BCUT2D eigenvalue weighted by atomic mass is 9.93. The van der Waals surface area contributed by atoms with Crippen molar-refractivity contribution in [1.82, 2.24) is 35.6 Å². The maximum absolute atomic E-state index is 13.4. The van der Waals surface area contributed by atoms with E-state index in [1.54, 1.807) is 35.6 Å². The number of carbonyl (C=O) groups excluding carboxylic acids is 2. The summed E-state index contributed by atoms with van der Waals surface area (Å²) in [6.45, 7) is 8.35. The maximum Gasteiger partial charge on any atom is 0.272 e. The van der Waals surface area contributed by atoms with Crippen LogP contribution in [0.15, 0.2) is 59.6 Å². The molecule has 1 saturated carbocycles. The molecule has 316 valence electrons. The number of aryl methyl sites for hydroxylation is 2. The highest BCUT2D eigenvalue weighted by Crippen LogP contribution is 2.39. The molecule has 1 aliphatic carbocycles. The minimum Gasteiger partial charge on any atom is -0.490 e. The van der Waals surface area contributed by atoms with Gasteiger partial charge in [0.05, 0.1) is 41.5 Å². The number of nitrogens with zero attached hydrogens (tertiary/aromatic N) is 8. The van der Waals surface area contributed by atoms with Gasteiger partial charge in [0, 0.05) is 52.8 Å². The van der Waals surface area contributed by atoms with Gasteiger partial charge in [0.25, 0.3) is 5.91 Å².